The molecular formula is C14H17N3. The molecule has 17 heavy (non-hydrogen) atoms. The number of nitrogens with two attached hydrogens (primary N) is 1. The second-order valence-electron chi connectivity index (χ2n) is 4.78. The van der Waals surface area contributed by atoms with Crippen LogP contribution in [0.15, 0.2) is 30.7 Å². The summed E-state index contributed by atoms with van der Waals surface area (Å²) in [5, 5.41) is 0. The Labute approximate surface area is 101 Å². The number of nitrogens with zero attached hydrogens (tertiary/aromatic N) is 2. The third-order valence-corrected chi connectivity index (χ3v) is 3.49. The predicted molar refractivity (Wildman–Crippen MR) is 68.2 cm³/mol. The molecule has 3 rings (SSSR count). The van der Waals surface area contributed by atoms with Gasteiger partial charge in [-0.05, 0) is 49.4 Å². The topological polar surface area (TPSA) is 43.8 Å². The van der Waals surface area contributed by atoms with E-state index in [0.29, 0.717) is 0 Å². The number of hydrogen-bond acceptors (Lipinski definition) is 2. The van der Waals surface area contributed by atoms with Crippen LogP contribution in [0.3, 0.4) is 0 Å². The molecular weight excluding hydrogens is 210 g/mol. The Bertz CT molecular complexity index is 540. The van der Waals surface area contributed by atoms with Gasteiger partial charge in [-0.3, -0.25) is 0 Å². The predicted octanol–water partition coefficient (Wildman–Crippen LogP) is 2.38. The van der Waals surface area contributed by atoms with Crippen LogP contribution >= 0.6 is 0 Å². The first kappa shape index (κ1) is 10.5. The lowest BCUT2D eigenvalue weighted by Gasteiger charge is -2.12. The normalized spacial score (nSPS) is 15.9. The minimum atomic E-state index is 0.00533. The van der Waals surface area contributed by atoms with Crippen LogP contribution in [0.1, 0.15) is 36.2 Å². The SMILES string of the molecule is CC(N)c1cncn1-c1ccc2c(c1)CCC2. The van der Waals surface area contributed by atoms with E-state index in [-0.39, 0.29) is 6.04 Å². The number of fused-ring (bicyclic) bond motifs is 1. The quantitative estimate of drug-likeness (QED) is 0.856. The zero-order valence-electron chi connectivity index (χ0n) is 10.1. The summed E-state index contributed by atoms with van der Waals surface area (Å²) in [6, 6.07) is 6.68. The van der Waals surface area contributed by atoms with Crippen LogP contribution < -0.4 is 5.73 Å². The van der Waals surface area contributed by atoms with Crippen LogP contribution in [0.5, 0.6) is 0 Å². The van der Waals surface area contributed by atoms with Gasteiger partial charge >= 0.3 is 0 Å². The Morgan fingerprint density at radius 3 is 2.94 bits per heavy atom. The molecule has 2 N–H and O–H groups in total. The zero-order valence-corrected chi connectivity index (χ0v) is 10.1. The Hall–Kier alpha value is -1.61. The standard InChI is InChI=1S/C14H17N3/c1-10(15)14-8-16-9-17(14)13-6-5-11-3-2-4-12(11)7-13/h5-10H,2-4,15H2,1H3. The molecule has 88 valence electrons. The molecule has 1 unspecified atom stereocenters. The molecule has 1 atom stereocenters. The van der Waals surface area contributed by atoms with Gasteiger partial charge in [0, 0.05) is 11.7 Å². The summed E-state index contributed by atoms with van der Waals surface area (Å²) >= 11 is 0. The maximum Gasteiger partial charge on any atom is 0.0994 e. The van der Waals surface area contributed by atoms with E-state index in [1.807, 2.05) is 19.4 Å². The summed E-state index contributed by atoms with van der Waals surface area (Å²) in [4.78, 5) is 4.20. The fraction of sp³-hybridized carbons (Fsp3) is 0.357. The Kier molecular flexibility index (Phi) is 2.48. The van der Waals surface area contributed by atoms with Crippen molar-refractivity contribution >= 4 is 0 Å². The molecule has 3 heteroatoms. The van der Waals surface area contributed by atoms with Crippen molar-refractivity contribution in [3.63, 3.8) is 0 Å². The van der Waals surface area contributed by atoms with Crippen molar-refractivity contribution in [3.8, 4) is 5.69 Å². The maximum atomic E-state index is 5.95. The van der Waals surface area contributed by atoms with Gasteiger partial charge in [-0.2, -0.15) is 0 Å². The van der Waals surface area contributed by atoms with Crippen molar-refractivity contribution in [2.75, 3.05) is 0 Å². The molecule has 1 aliphatic carbocycles. The van der Waals surface area contributed by atoms with Gasteiger partial charge < -0.3 is 10.3 Å². The van der Waals surface area contributed by atoms with E-state index in [4.69, 9.17) is 5.73 Å². The van der Waals surface area contributed by atoms with Crippen molar-refractivity contribution in [3.05, 3.63) is 47.5 Å². The highest BCUT2D eigenvalue weighted by Gasteiger charge is 2.13. The fourth-order valence-electron chi connectivity index (χ4n) is 2.57. The highest BCUT2D eigenvalue weighted by molar-refractivity contribution is 5.43. The summed E-state index contributed by atoms with van der Waals surface area (Å²) in [5.41, 5.74) is 11.2. The van der Waals surface area contributed by atoms with Gasteiger partial charge in [0.25, 0.3) is 0 Å². The average Bonchev–Trinajstić information content (AvgIpc) is 2.96. The minimum Gasteiger partial charge on any atom is -0.323 e. The van der Waals surface area contributed by atoms with Crippen molar-refractivity contribution in [1.29, 1.82) is 0 Å². The van der Waals surface area contributed by atoms with E-state index in [9.17, 15) is 0 Å². The number of benzene rings is 1. The van der Waals surface area contributed by atoms with Crippen LogP contribution in [0.25, 0.3) is 5.69 Å². The number of aromatic nitrogens is 2. The van der Waals surface area contributed by atoms with Crippen molar-refractivity contribution in [1.82, 2.24) is 9.55 Å². The molecule has 0 amide bonds. The monoisotopic (exact) mass is 227 g/mol. The largest absolute Gasteiger partial charge is 0.323 e. The van der Waals surface area contributed by atoms with Crippen molar-refractivity contribution in [2.45, 2.75) is 32.2 Å². The van der Waals surface area contributed by atoms with E-state index < -0.39 is 0 Å². The van der Waals surface area contributed by atoms with Gasteiger partial charge in [-0.15, -0.1) is 0 Å². The molecule has 1 heterocycles. The number of aryl methyl sites for hydroxylation is 2. The first-order chi connectivity index (χ1) is 8.25. The molecule has 0 fully saturated rings. The lowest BCUT2D eigenvalue weighted by atomic mass is 10.1. The molecule has 0 aliphatic heterocycles. The molecule has 2 aromatic rings. The zero-order chi connectivity index (χ0) is 11.8. The van der Waals surface area contributed by atoms with E-state index in [0.717, 1.165) is 5.69 Å². The van der Waals surface area contributed by atoms with Crippen LogP contribution in [0, 0.1) is 0 Å². The molecule has 0 spiro atoms. The Balaban J connectivity index is 2.06. The summed E-state index contributed by atoms with van der Waals surface area (Å²) in [5.74, 6) is 0. The molecule has 0 saturated heterocycles. The lowest BCUT2D eigenvalue weighted by molar-refractivity contribution is 0.752. The Morgan fingerprint density at radius 2 is 2.12 bits per heavy atom. The third kappa shape index (κ3) is 1.76. The second kappa shape index (κ2) is 4.00. The van der Waals surface area contributed by atoms with Gasteiger partial charge in [0.2, 0.25) is 0 Å². The number of imidazole rings is 1. The first-order valence-corrected chi connectivity index (χ1v) is 6.15. The van der Waals surface area contributed by atoms with Crippen LogP contribution in [-0.4, -0.2) is 9.55 Å². The van der Waals surface area contributed by atoms with E-state index in [1.165, 1.54) is 36.1 Å². The average molecular weight is 227 g/mol. The molecule has 0 saturated carbocycles. The highest BCUT2D eigenvalue weighted by Crippen LogP contribution is 2.25. The molecule has 0 radical (unpaired) electrons. The maximum absolute atomic E-state index is 5.95. The van der Waals surface area contributed by atoms with Gasteiger partial charge in [0.1, 0.15) is 0 Å². The Morgan fingerprint density at radius 1 is 1.29 bits per heavy atom. The summed E-state index contributed by atoms with van der Waals surface area (Å²) < 4.78 is 2.09. The third-order valence-electron chi connectivity index (χ3n) is 3.49. The second-order valence-corrected chi connectivity index (χ2v) is 4.78. The highest BCUT2D eigenvalue weighted by atomic mass is 15.1. The summed E-state index contributed by atoms with van der Waals surface area (Å²) in [6.45, 7) is 1.99. The molecule has 1 aromatic heterocycles. The molecule has 1 aliphatic rings. The van der Waals surface area contributed by atoms with Gasteiger partial charge in [0.15, 0.2) is 0 Å². The van der Waals surface area contributed by atoms with Crippen molar-refractivity contribution in [2.24, 2.45) is 5.73 Å². The lowest BCUT2D eigenvalue weighted by Crippen LogP contribution is -2.10. The van der Waals surface area contributed by atoms with Gasteiger partial charge in [0.05, 0.1) is 18.2 Å². The van der Waals surface area contributed by atoms with Gasteiger partial charge in [-0.25, -0.2) is 4.98 Å². The molecule has 3 nitrogen and oxygen atoms in total. The molecule has 1 aromatic carbocycles. The van der Waals surface area contributed by atoms with Crippen LogP contribution in [-0.2, 0) is 12.8 Å². The van der Waals surface area contributed by atoms with Crippen LogP contribution in [0.4, 0.5) is 0 Å². The summed E-state index contributed by atoms with van der Waals surface area (Å²) in [7, 11) is 0. The first-order valence-electron chi connectivity index (χ1n) is 6.15. The van der Waals surface area contributed by atoms with E-state index >= 15 is 0 Å². The smallest absolute Gasteiger partial charge is 0.0994 e. The van der Waals surface area contributed by atoms with Gasteiger partial charge in [-0.1, -0.05) is 6.07 Å². The minimum absolute atomic E-state index is 0.00533. The van der Waals surface area contributed by atoms with Crippen molar-refractivity contribution < 1.29 is 0 Å². The van der Waals surface area contributed by atoms with E-state index in [1.54, 1.807) is 0 Å². The summed E-state index contributed by atoms with van der Waals surface area (Å²) in [6.07, 6.45) is 7.39. The molecule has 0 bridgehead atoms. The number of rotatable bonds is 2. The van der Waals surface area contributed by atoms with Crippen LogP contribution in [0.2, 0.25) is 0 Å². The van der Waals surface area contributed by atoms with E-state index in [2.05, 4.69) is 27.8 Å². The number of hydrogen-bond donors (Lipinski definition) is 1. The fourth-order valence-corrected chi connectivity index (χ4v) is 2.57.